The Balaban J connectivity index is 5.14. The normalized spacial score (nSPS) is 16.1. The third-order valence-electron chi connectivity index (χ3n) is 2.82. The summed E-state index contributed by atoms with van der Waals surface area (Å²) in [5.74, 6) is -1.82. The molecule has 0 amide bonds. The van der Waals surface area contributed by atoms with Crippen LogP contribution in [-0.4, -0.2) is 34.9 Å². The Kier molecular flexibility index (Phi) is 6.91. The molecule has 2 unspecified atom stereocenters. The molecule has 0 saturated carbocycles. The summed E-state index contributed by atoms with van der Waals surface area (Å²) in [6.07, 6.45) is -0.0618. The van der Waals surface area contributed by atoms with Crippen LogP contribution in [0.25, 0.3) is 0 Å². The lowest BCUT2D eigenvalue weighted by molar-refractivity contribution is -0.171. The van der Waals surface area contributed by atoms with E-state index in [2.05, 4.69) is 0 Å². The first-order valence-corrected chi connectivity index (χ1v) is 6.35. The zero-order chi connectivity index (χ0) is 14.3. The topological polar surface area (TPSA) is 83.8 Å². The summed E-state index contributed by atoms with van der Waals surface area (Å²) < 4.78 is 4.90. The molecule has 0 heterocycles. The molecule has 0 aromatic rings. The zero-order valence-corrected chi connectivity index (χ0v) is 11.6. The van der Waals surface area contributed by atoms with Crippen LogP contribution in [0.2, 0.25) is 0 Å². The van der Waals surface area contributed by atoms with E-state index in [9.17, 15) is 19.8 Å². The average molecular weight is 260 g/mol. The van der Waals surface area contributed by atoms with E-state index in [1.165, 1.54) is 0 Å². The van der Waals surface area contributed by atoms with Crippen molar-refractivity contribution in [2.24, 2.45) is 11.3 Å². The summed E-state index contributed by atoms with van der Waals surface area (Å²) in [5, 5.41) is 18.7. The van der Waals surface area contributed by atoms with Gasteiger partial charge in [-0.3, -0.25) is 9.59 Å². The van der Waals surface area contributed by atoms with Gasteiger partial charge in [0.05, 0.1) is 12.7 Å². The number of aliphatic hydroxyl groups excluding tert-OH is 1. The SMILES string of the molecule is CCOC(=O)C(CCC(C)O)(CC(C)C)C(=O)O. The predicted octanol–water partition coefficient (Wildman–Crippen LogP) is 1.83. The summed E-state index contributed by atoms with van der Waals surface area (Å²) in [6.45, 7) is 7.10. The Labute approximate surface area is 108 Å². The minimum absolute atomic E-state index is 0.0551. The quantitative estimate of drug-likeness (QED) is 0.514. The number of carboxylic acid groups (broad SMARTS) is 1. The summed E-state index contributed by atoms with van der Waals surface area (Å²) in [4.78, 5) is 23.5. The number of aliphatic carboxylic acids is 1. The van der Waals surface area contributed by atoms with E-state index in [4.69, 9.17) is 4.74 Å². The Bertz CT molecular complexity index is 285. The fourth-order valence-electron chi connectivity index (χ4n) is 1.99. The highest BCUT2D eigenvalue weighted by Crippen LogP contribution is 2.34. The molecule has 2 N–H and O–H groups in total. The van der Waals surface area contributed by atoms with Gasteiger partial charge in [0.15, 0.2) is 5.41 Å². The molecule has 5 nitrogen and oxygen atoms in total. The van der Waals surface area contributed by atoms with Gasteiger partial charge in [-0.2, -0.15) is 0 Å². The van der Waals surface area contributed by atoms with Crippen LogP contribution in [0.5, 0.6) is 0 Å². The second-order valence-corrected chi connectivity index (χ2v) is 5.09. The number of ether oxygens (including phenoxy) is 1. The molecular formula is C13H24O5. The molecule has 0 radical (unpaired) electrons. The van der Waals surface area contributed by atoms with Gasteiger partial charge in [0.25, 0.3) is 0 Å². The predicted molar refractivity (Wildman–Crippen MR) is 67.1 cm³/mol. The minimum Gasteiger partial charge on any atom is -0.480 e. The van der Waals surface area contributed by atoms with Gasteiger partial charge in [0.2, 0.25) is 0 Å². The van der Waals surface area contributed by atoms with Gasteiger partial charge in [-0.15, -0.1) is 0 Å². The van der Waals surface area contributed by atoms with Gasteiger partial charge in [0, 0.05) is 0 Å². The zero-order valence-electron chi connectivity index (χ0n) is 11.6. The molecule has 18 heavy (non-hydrogen) atoms. The largest absolute Gasteiger partial charge is 0.480 e. The first-order valence-electron chi connectivity index (χ1n) is 6.35. The second kappa shape index (κ2) is 7.36. The van der Waals surface area contributed by atoms with Crippen molar-refractivity contribution in [1.29, 1.82) is 0 Å². The van der Waals surface area contributed by atoms with E-state index in [-0.39, 0.29) is 31.8 Å². The van der Waals surface area contributed by atoms with Gasteiger partial charge in [-0.05, 0) is 39.0 Å². The molecule has 5 heteroatoms. The van der Waals surface area contributed by atoms with Crippen LogP contribution in [-0.2, 0) is 14.3 Å². The second-order valence-electron chi connectivity index (χ2n) is 5.09. The van der Waals surface area contributed by atoms with E-state index in [1.54, 1.807) is 13.8 Å². The van der Waals surface area contributed by atoms with Crippen molar-refractivity contribution in [3.8, 4) is 0 Å². The highest BCUT2D eigenvalue weighted by atomic mass is 16.5. The molecule has 0 aliphatic heterocycles. The fraction of sp³-hybridized carbons (Fsp3) is 0.846. The van der Waals surface area contributed by atoms with Gasteiger partial charge in [-0.25, -0.2) is 0 Å². The summed E-state index contributed by atoms with van der Waals surface area (Å²) >= 11 is 0. The Hall–Kier alpha value is -1.10. The lowest BCUT2D eigenvalue weighted by Crippen LogP contribution is -2.42. The van der Waals surface area contributed by atoms with Crippen LogP contribution in [0.3, 0.4) is 0 Å². The van der Waals surface area contributed by atoms with Crippen molar-refractivity contribution in [2.75, 3.05) is 6.61 Å². The lowest BCUT2D eigenvalue weighted by Gasteiger charge is -2.29. The molecule has 0 aromatic carbocycles. The first kappa shape index (κ1) is 16.9. The maximum atomic E-state index is 12.0. The molecule has 106 valence electrons. The number of hydrogen-bond donors (Lipinski definition) is 2. The highest BCUT2D eigenvalue weighted by molar-refractivity contribution is 5.99. The number of aliphatic hydroxyl groups is 1. The molecule has 0 saturated heterocycles. The molecule has 2 atom stereocenters. The molecule has 0 aliphatic rings. The molecule has 0 aromatic heterocycles. The Morgan fingerprint density at radius 3 is 2.17 bits per heavy atom. The summed E-state index contributed by atoms with van der Waals surface area (Å²) in [6, 6.07) is 0. The lowest BCUT2D eigenvalue weighted by atomic mass is 9.76. The van der Waals surface area contributed by atoms with Crippen molar-refractivity contribution >= 4 is 11.9 Å². The van der Waals surface area contributed by atoms with Crippen LogP contribution >= 0.6 is 0 Å². The van der Waals surface area contributed by atoms with E-state index in [0.29, 0.717) is 0 Å². The molecule has 0 aliphatic carbocycles. The van der Waals surface area contributed by atoms with Gasteiger partial charge >= 0.3 is 11.9 Å². The Morgan fingerprint density at radius 2 is 1.83 bits per heavy atom. The van der Waals surface area contributed by atoms with Crippen LogP contribution < -0.4 is 0 Å². The van der Waals surface area contributed by atoms with E-state index < -0.39 is 23.5 Å². The van der Waals surface area contributed by atoms with E-state index in [0.717, 1.165) is 0 Å². The number of hydrogen-bond acceptors (Lipinski definition) is 4. The number of carboxylic acids is 1. The molecule has 0 bridgehead atoms. The number of carbonyl (C=O) groups is 2. The van der Waals surface area contributed by atoms with Crippen molar-refractivity contribution < 1.29 is 24.5 Å². The molecule has 0 fully saturated rings. The van der Waals surface area contributed by atoms with Crippen LogP contribution in [0.15, 0.2) is 0 Å². The molecular weight excluding hydrogens is 236 g/mol. The van der Waals surface area contributed by atoms with Gasteiger partial charge < -0.3 is 14.9 Å². The van der Waals surface area contributed by atoms with E-state index in [1.807, 2.05) is 13.8 Å². The maximum absolute atomic E-state index is 12.0. The van der Waals surface area contributed by atoms with Crippen LogP contribution in [0, 0.1) is 11.3 Å². The Morgan fingerprint density at radius 1 is 1.28 bits per heavy atom. The molecule has 0 rings (SSSR count). The van der Waals surface area contributed by atoms with Crippen LogP contribution in [0.4, 0.5) is 0 Å². The summed E-state index contributed by atoms with van der Waals surface area (Å²) in [5.41, 5.74) is -1.54. The first-order chi connectivity index (χ1) is 8.26. The average Bonchev–Trinajstić information content (AvgIpc) is 2.23. The third-order valence-corrected chi connectivity index (χ3v) is 2.82. The molecule has 0 spiro atoms. The maximum Gasteiger partial charge on any atom is 0.323 e. The van der Waals surface area contributed by atoms with Crippen molar-refractivity contribution in [1.82, 2.24) is 0 Å². The number of esters is 1. The van der Waals surface area contributed by atoms with Crippen LogP contribution in [0.1, 0.15) is 47.0 Å². The number of carbonyl (C=O) groups excluding carboxylic acids is 1. The monoisotopic (exact) mass is 260 g/mol. The summed E-state index contributed by atoms with van der Waals surface area (Å²) in [7, 11) is 0. The van der Waals surface area contributed by atoms with Crippen molar-refractivity contribution in [2.45, 2.75) is 53.1 Å². The van der Waals surface area contributed by atoms with Gasteiger partial charge in [-0.1, -0.05) is 13.8 Å². The smallest absolute Gasteiger partial charge is 0.323 e. The standard InChI is InChI=1S/C13H24O5/c1-5-18-12(17)13(11(15)16,8-9(2)3)7-6-10(4)14/h9-10,14H,5-8H2,1-4H3,(H,15,16). The van der Waals surface area contributed by atoms with E-state index >= 15 is 0 Å². The highest BCUT2D eigenvalue weighted by Gasteiger charge is 2.47. The van der Waals surface area contributed by atoms with Crippen molar-refractivity contribution in [3.63, 3.8) is 0 Å². The van der Waals surface area contributed by atoms with Crippen molar-refractivity contribution in [3.05, 3.63) is 0 Å². The van der Waals surface area contributed by atoms with Gasteiger partial charge in [0.1, 0.15) is 0 Å². The fourth-order valence-corrected chi connectivity index (χ4v) is 1.99. The number of rotatable bonds is 8. The minimum atomic E-state index is -1.54. The third kappa shape index (κ3) is 4.64.